The minimum absolute atomic E-state index is 0.249. The summed E-state index contributed by atoms with van der Waals surface area (Å²) in [6, 6.07) is 5.35. The molecule has 21 heavy (non-hydrogen) atoms. The predicted molar refractivity (Wildman–Crippen MR) is 84.0 cm³/mol. The van der Waals surface area contributed by atoms with Crippen LogP contribution in [0, 0.1) is 13.8 Å². The number of nitrogens with one attached hydrogen (secondary N) is 1. The molecule has 1 aliphatic rings. The first-order valence-electron chi connectivity index (χ1n) is 6.97. The van der Waals surface area contributed by atoms with Crippen molar-refractivity contribution in [3.63, 3.8) is 0 Å². The molecule has 0 unspecified atom stereocenters. The van der Waals surface area contributed by atoms with Gasteiger partial charge in [-0.2, -0.15) is 0 Å². The highest BCUT2D eigenvalue weighted by molar-refractivity contribution is 7.89. The highest BCUT2D eigenvalue weighted by atomic mass is 32.2. The molecule has 1 aliphatic carbocycles. The molecule has 0 spiro atoms. The maximum absolute atomic E-state index is 12.4. The Morgan fingerprint density at radius 1 is 1.33 bits per heavy atom. The topological polar surface area (TPSA) is 59.1 Å². The van der Waals surface area contributed by atoms with Gasteiger partial charge in [0.1, 0.15) is 0 Å². The molecule has 3 rings (SSSR count). The zero-order valence-electron chi connectivity index (χ0n) is 12.1. The first-order valence-corrected chi connectivity index (χ1v) is 9.33. The van der Waals surface area contributed by atoms with E-state index in [-0.39, 0.29) is 6.54 Å². The van der Waals surface area contributed by atoms with Gasteiger partial charge in [0.15, 0.2) is 0 Å². The molecule has 1 aromatic carbocycles. The number of hydrogen-bond acceptors (Lipinski definition) is 4. The summed E-state index contributed by atoms with van der Waals surface area (Å²) in [5.74, 6) is 0.611. The Balaban J connectivity index is 1.72. The summed E-state index contributed by atoms with van der Waals surface area (Å²) in [5, 5.41) is 3.08. The van der Waals surface area contributed by atoms with E-state index in [1.807, 2.05) is 31.4 Å². The van der Waals surface area contributed by atoms with Gasteiger partial charge >= 0.3 is 0 Å². The second kappa shape index (κ2) is 5.51. The zero-order valence-corrected chi connectivity index (χ0v) is 13.7. The van der Waals surface area contributed by atoms with Crippen LogP contribution < -0.4 is 4.72 Å². The molecule has 0 saturated heterocycles. The Hall–Kier alpha value is -1.24. The molecule has 0 amide bonds. The van der Waals surface area contributed by atoms with Gasteiger partial charge in [0.2, 0.25) is 10.0 Å². The molecular weight excluding hydrogens is 304 g/mol. The van der Waals surface area contributed by atoms with Crippen LogP contribution in [0.15, 0.2) is 28.5 Å². The van der Waals surface area contributed by atoms with Gasteiger partial charge in [0.05, 0.1) is 22.1 Å². The molecule has 1 N–H and O–H groups in total. The first-order chi connectivity index (χ1) is 9.95. The SMILES string of the molecule is Cc1ccc(S(=O)(=O)NCc2csc(C3CC3)n2)c(C)c1. The van der Waals surface area contributed by atoms with Crippen molar-refractivity contribution in [2.75, 3.05) is 0 Å². The molecule has 1 heterocycles. The number of aryl methyl sites for hydroxylation is 2. The Kier molecular flexibility index (Phi) is 3.86. The lowest BCUT2D eigenvalue weighted by atomic mass is 10.2. The summed E-state index contributed by atoms with van der Waals surface area (Å²) < 4.78 is 27.4. The van der Waals surface area contributed by atoms with Crippen molar-refractivity contribution in [3.8, 4) is 0 Å². The van der Waals surface area contributed by atoms with Crippen LogP contribution >= 0.6 is 11.3 Å². The molecule has 0 radical (unpaired) electrons. The predicted octanol–water partition coefficient (Wildman–Crippen LogP) is 3.12. The Morgan fingerprint density at radius 3 is 2.76 bits per heavy atom. The van der Waals surface area contributed by atoms with Crippen molar-refractivity contribution in [1.29, 1.82) is 0 Å². The van der Waals surface area contributed by atoms with Crippen LogP contribution in [0.5, 0.6) is 0 Å². The van der Waals surface area contributed by atoms with Gasteiger partial charge in [0.25, 0.3) is 0 Å². The monoisotopic (exact) mass is 322 g/mol. The highest BCUT2D eigenvalue weighted by Crippen LogP contribution is 2.41. The van der Waals surface area contributed by atoms with E-state index in [0.717, 1.165) is 21.8 Å². The van der Waals surface area contributed by atoms with Crippen LogP contribution in [-0.4, -0.2) is 13.4 Å². The fourth-order valence-corrected chi connectivity index (χ4v) is 4.48. The third-order valence-electron chi connectivity index (χ3n) is 3.56. The van der Waals surface area contributed by atoms with Crippen LogP contribution in [0.3, 0.4) is 0 Å². The number of nitrogens with zero attached hydrogens (tertiary/aromatic N) is 1. The van der Waals surface area contributed by atoms with Crippen LogP contribution in [-0.2, 0) is 16.6 Å². The average Bonchev–Trinajstić information content (AvgIpc) is 3.15. The molecule has 1 saturated carbocycles. The average molecular weight is 322 g/mol. The standard InChI is InChI=1S/C15H18N2O2S2/c1-10-3-6-14(11(2)7-10)21(18,19)16-8-13-9-20-15(17-13)12-4-5-12/h3,6-7,9,12,16H,4-5,8H2,1-2H3. The molecule has 0 bridgehead atoms. The number of benzene rings is 1. The Bertz CT molecular complexity index is 762. The van der Waals surface area contributed by atoms with E-state index in [0.29, 0.717) is 10.8 Å². The Morgan fingerprint density at radius 2 is 2.10 bits per heavy atom. The normalized spacial score (nSPS) is 15.3. The van der Waals surface area contributed by atoms with Gasteiger partial charge < -0.3 is 0 Å². The lowest BCUT2D eigenvalue weighted by molar-refractivity contribution is 0.580. The molecule has 2 aromatic rings. The van der Waals surface area contributed by atoms with E-state index >= 15 is 0 Å². The quantitative estimate of drug-likeness (QED) is 0.920. The largest absolute Gasteiger partial charge is 0.245 e. The number of sulfonamides is 1. The molecule has 4 nitrogen and oxygen atoms in total. The first kappa shape index (κ1) is 14.7. The fraction of sp³-hybridized carbons (Fsp3) is 0.400. The van der Waals surface area contributed by atoms with E-state index < -0.39 is 10.0 Å². The van der Waals surface area contributed by atoms with E-state index in [1.54, 1.807) is 17.4 Å². The summed E-state index contributed by atoms with van der Waals surface area (Å²) in [6.45, 7) is 4.01. The molecule has 112 valence electrons. The lowest BCUT2D eigenvalue weighted by Gasteiger charge is -2.09. The molecule has 1 aromatic heterocycles. The molecular formula is C15H18N2O2S2. The van der Waals surface area contributed by atoms with Crippen molar-refractivity contribution in [1.82, 2.24) is 9.71 Å². The molecule has 0 aliphatic heterocycles. The van der Waals surface area contributed by atoms with Gasteiger partial charge in [-0.1, -0.05) is 17.7 Å². The van der Waals surface area contributed by atoms with Gasteiger partial charge in [-0.15, -0.1) is 11.3 Å². The minimum Gasteiger partial charge on any atom is -0.245 e. The summed E-state index contributed by atoms with van der Waals surface area (Å²) >= 11 is 1.63. The summed E-state index contributed by atoms with van der Waals surface area (Å²) in [4.78, 5) is 4.84. The number of hydrogen-bond donors (Lipinski definition) is 1. The Labute approximate surface area is 129 Å². The van der Waals surface area contributed by atoms with Crippen molar-refractivity contribution in [2.24, 2.45) is 0 Å². The smallest absolute Gasteiger partial charge is 0.241 e. The van der Waals surface area contributed by atoms with Crippen molar-refractivity contribution >= 4 is 21.4 Å². The number of rotatable bonds is 5. The number of aromatic nitrogens is 1. The van der Waals surface area contributed by atoms with Crippen LogP contribution in [0.4, 0.5) is 0 Å². The maximum Gasteiger partial charge on any atom is 0.241 e. The minimum atomic E-state index is -3.49. The van der Waals surface area contributed by atoms with E-state index in [4.69, 9.17) is 0 Å². The molecule has 0 atom stereocenters. The van der Waals surface area contributed by atoms with Gasteiger partial charge in [0, 0.05) is 11.3 Å². The lowest BCUT2D eigenvalue weighted by Crippen LogP contribution is -2.24. The van der Waals surface area contributed by atoms with Gasteiger partial charge in [-0.05, 0) is 38.3 Å². The highest BCUT2D eigenvalue weighted by Gasteiger charge is 2.26. The second-order valence-corrected chi connectivity index (χ2v) is 8.17. The van der Waals surface area contributed by atoms with E-state index in [9.17, 15) is 8.42 Å². The second-order valence-electron chi connectivity index (χ2n) is 5.54. The third kappa shape index (κ3) is 3.33. The van der Waals surface area contributed by atoms with Crippen molar-refractivity contribution in [3.05, 3.63) is 45.4 Å². The van der Waals surface area contributed by atoms with Crippen molar-refractivity contribution in [2.45, 2.75) is 44.0 Å². The summed E-state index contributed by atoms with van der Waals surface area (Å²) in [7, 11) is -3.49. The zero-order chi connectivity index (χ0) is 15.0. The van der Waals surface area contributed by atoms with Crippen molar-refractivity contribution < 1.29 is 8.42 Å². The fourth-order valence-electron chi connectivity index (χ4n) is 2.27. The van der Waals surface area contributed by atoms with Gasteiger partial charge in [-0.3, -0.25) is 0 Å². The van der Waals surface area contributed by atoms with E-state index in [2.05, 4.69) is 9.71 Å². The third-order valence-corrected chi connectivity index (χ3v) is 6.18. The van der Waals surface area contributed by atoms with E-state index in [1.165, 1.54) is 12.8 Å². The molecule has 6 heteroatoms. The maximum atomic E-state index is 12.4. The number of thiazole rings is 1. The summed E-state index contributed by atoms with van der Waals surface area (Å²) in [5.41, 5.74) is 2.62. The van der Waals surface area contributed by atoms with Gasteiger partial charge in [-0.25, -0.2) is 18.1 Å². The molecule has 1 fully saturated rings. The van der Waals surface area contributed by atoms with Crippen LogP contribution in [0.25, 0.3) is 0 Å². The summed E-state index contributed by atoms with van der Waals surface area (Å²) in [6.07, 6.45) is 2.42. The van der Waals surface area contributed by atoms with Crippen LogP contribution in [0.2, 0.25) is 0 Å². The van der Waals surface area contributed by atoms with Crippen LogP contribution in [0.1, 0.15) is 40.6 Å².